The Bertz CT molecular complexity index is 1350. The van der Waals surface area contributed by atoms with E-state index in [9.17, 15) is 13.2 Å². The van der Waals surface area contributed by atoms with Crippen LogP contribution in [0.15, 0.2) is 52.9 Å². The standard InChI is InChI=1S/C18H13ClN6O3S3/c1-10-3-2-4-12(9-10)14(26)20-16-22-24-18(30-16)31(27,28)25-17-23-21-15(29-17)11-5-7-13(19)8-6-11/h2-9H,1H3,(H,23,25)(H,20,22,26). The molecular formula is C18H13ClN6O3S3. The lowest BCUT2D eigenvalue weighted by Crippen LogP contribution is -2.12. The van der Waals surface area contributed by atoms with Gasteiger partial charge < -0.3 is 0 Å². The third-order valence-corrected chi connectivity index (χ3v) is 7.69. The number of amides is 1. The molecule has 9 nitrogen and oxygen atoms in total. The van der Waals surface area contributed by atoms with Gasteiger partial charge in [-0.15, -0.1) is 20.4 Å². The summed E-state index contributed by atoms with van der Waals surface area (Å²) in [5, 5.41) is 19.1. The van der Waals surface area contributed by atoms with Crippen molar-refractivity contribution in [1.29, 1.82) is 0 Å². The van der Waals surface area contributed by atoms with Gasteiger partial charge in [-0.3, -0.25) is 14.8 Å². The fourth-order valence-electron chi connectivity index (χ4n) is 2.46. The monoisotopic (exact) mass is 492 g/mol. The number of nitrogens with zero attached hydrogens (tertiary/aromatic N) is 4. The molecule has 0 saturated heterocycles. The van der Waals surface area contributed by atoms with Crippen molar-refractivity contribution < 1.29 is 13.2 Å². The Hall–Kier alpha value is -2.93. The van der Waals surface area contributed by atoms with Gasteiger partial charge in [-0.25, -0.2) is 0 Å². The molecule has 0 spiro atoms. The quantitative estimate of drug-likeness (QED) is 0.388. The average molecular weight is 493 g/mol. The van der Waals surface area contributed by atoms with E-state index in [1.807, 2.05) is 13.0 Å². The van der Waals surface area contributed by atoms with E-state index in [0.717, 1.165) is 33.8 Å². The molecule has 0 aliphatic carbocycles. The molecule has 0 unspecified atom stereocenters. The number of benzene rings is 2. The number of hydrogen-bond acceptors (Lipinski definition) is 9. The summed E-state index contributed by atoms with van der Waals surface area (Å²) in [5.74, 6) is -0.409. The van der Waals surface area contributed by atoms with Crippen LogP contribution in [0.2, 0.25) is 5.02 Å². The van der Waals surface area contributed by atoms with Crippen LogP contribution in [-0.4, -0.2) is 34.7 Å². The molecule has 0 atom stereocenters. The molecule has 2 N–H and O–H groups in total. The summed E-state index contributed by atoms with van der Waals surface area (Å²) in [4.78, 5) is 12.3. The molecule has 0 fully saturated rings. The van der Waals surface area contributed by atoms with E-state index in [0.29, 0.717) is 15.6 Å². The zero-order valence-corrected chi connectivity index (χ0v) is 18.9. The predicted molar refractivity (Wildman–Crippen MR) is 120 cm³/mol. The molecule has 0 aliphatic rings. The summed E-state index contributed by atoms with van der Waals surface area (Å²) in [6, 6.07) is 13.9. The van der Waals surface area contributed by atoms with Crippen LogP contribution in [0.5, 0.6) is 0 Å². The maximum atomic E-state index is 12.6. The number of carbonyl (C=O) groups excluding carboxylic acids is 1. The molecule has 4 aromatic rings. The zero-order valence-electron chi connectivity index (χ0n) is 15.7. The largest absolute Gasteiger partial charge is 0.296 e. The molecule has 4 rings (SSSR count). The molecule has 158 valence electrons. The lowest BCUT2D eigenvalue weighted by molar-refractivity contribution is 0.102. The van der Waals surface area contributed by atoms with Gasteiger partial charge in [-0.2, -0.15) is 8.42 Å². The lowest BCUT2D eigenvalue weighted by atomic mass is 10.1. The van der Waals surface area contributed by atoms with Crippen molar-refractivity contribution in [2.75, 3.05) is 10.0 Å². The number of hydrogen-bond donors (Lipinski definition) is 2. The normalized spacial score (nSPS) is 11.3. The Morgan fingerprint density at radius 1 is 0.968 bits per heavy atom. The van der Waals surface area contributed by atoms with E-state index in [-0.39, 0.29) is 14.6 Å². The molecule has 0 saturated carbocycles. The van der Waals surface area contributed by atoms with Crippen molar-refractivity contribution in [2.24, 2.45) is 0 Å². The highest BCUT2D eigenvalue weighted by Crippen LogP contribution is 2.29. The first-order valence-corrected chi connectivity index (χ1v) is 12.1. The summed E-state index contributed by atoms with van der Waals surface area (Å²) in [5.41, 5.74) is 2.11. The van der Waals surface area contributed by atoms with Gasteiger partial charge in [0, 0.05) is 16.1 Å². The van der Waals surface area contributed by atoms with Crippen LogP contribution in [-0.2, 0) is 10.0 Å². The molecule has 13 heteroatoms. The van der Waals surface area contributed by atoms with Crippen LogP contribution in [0.25, 0.3) is 10.6 Å². The fourth-order valence-corrected chi connectivity index (χ4v) is 5.46. The van der Waals surface area contributed by atoms with Gasteiger partial charge in [0.15, 0.2) is 0 Å². The Kier molecular flexibility index (Phi) is 5.96. The average Bonchev–Trinajstić information content (AvgIpc) is 3.38. The van der Waals surface area contributed by atoms with E-state index in [4.69, 9.17) is 11.6 Å². The van der Waals surface area contributed by atoms with Gasteiger partial charge in [0.05, 0.1) is 0 Å². The summed E-state index contributed by atoms with van der Waals surface area (Å²) < 4.78 is 27.2. The number of carbonyl (C=O) groups is 1. The van der Waals surface area contributed by atoms with Crippen molar-refractivity contribution in [3.63, 3.8) is 0 Å². The first kappa shape index (κ1) is 21.3. The van der Waals surface area contributed by atoms with Crippen molar-refractivity contribution in [2.45, 2.75) is 11.3 Å². The first-order chi connectivity index (χ1) is 14.8. The van der Waals surface area contributed by atoms with E-state index >= 15 is 0 Å². The Morgan fingerprint density at radius 3 is 2.45 bits per heavy atom. The van der Waals surface area contributed by atoms with Crippen LogP contribution in [0, 0.1) is 6.92 Å². The second-order valence-corrected chi connectivity index (χ2v) is 10.5. The highest BCUT2D eigenvalue weighted by molar-refractivity contribution is 7.94. The summed E-state index contributed by atoms with van der Waals surface area (Å²) in [7, 11) is -4.04. The summed E-state index contributed by atoms with van der Waals surface area (Å²) in [6.07, 6.45) is 0. The van der Waals surface area contributed by atoms with Gasteiger partial charge >= 0.3 is 0 Å². The van der Waals surface area contributed by atoms with E-state index in [1.165, 1.54) is 0 Å². The van der Waals surface area contributed by atoms with Gasteiger partial charge in [-0.1, -0.05) is 64.1 Å². The number of aromatic nitrogens is 4. The van der Waals surface area contributed by atoms with Crippen molar-refractivity contribution in [1.82, 2.24) is 20.4 Å². The molecular weight excluding hydrogens is 480 g/mol. The molecule has 2 heterocycles. The van der Waals surface area contributed by atoms with Crippen LogP contribution < -0.4 is 10.0 Å². The van der Waals surface area contributed by atoms with E-state index in [2.05, 4.69) is 30.4 Å². The molecule has 0 radical (unpaired) electrons. The fraction of sp³-hybridized carbons (Fsp3) is 0.0556. The first-order valence-electron chi connectivity index (χ1n) is 8.64. The van der Waals surface area contributed by atoms with Crippen LogP contribution >= 0.6 is 34.3 Å². The second-order valence-electron chi connectivity index (χ2n) is 6.22. The predicted octanol–water partition coefficient (Wildman–Crippen LogP) is 4.07. The van der Waals surface area contributed by atoms with Gasteiger partial charge in [-0.05, 0) is 31.2 Å². The highest BCUT2D eigenvalue weighted by Gasteiger charge is 2.23. The molecule has 0 aliphatic heterocycles. The van der Waals surface area contributed by atoms with Gasteiger partial charge in [0.1, 0.15) is 5.01 Å². The van der Waals surface area contributed by atoms with Crippen LogP contribution in [0.4, 0.5) is 10.3 Å². The zero-order chi connectivity index (χ0) is 22.0. The van der Waals surface area contributed by atoms with Crippen molar-refractivity contribution >= 4 is 60.5 Å². The third kappa shape index (κ3) is 5.05. The SMILES string of the molecule is Cc1cccc(C(=O)Nc2nnc(S(=O)(=O)Nc3nnc(-c4ccc(Cl)cc4)s3)s2)c1. The third-order valence-electron chi connectivity index (χ3n) is 3.87. The number of nitrogens with one attached hydrogen (secondary N) is 2. The topological polar surface area (TPSA) is 127 Å². The maximum Gasteiger partial charge on any atom is 0.293 e. The smallest absolute Gasteiger partial charge is 0.293 e. The number of rotatable bonds is 6. The highest BCUT2D eigenvalue weighted by atomic mass is 35.5. The minimum atomic E-state index is -4.04. The molecule has 31 heavy (non-hydrogen) atoms. The lowest BCUT2D eigenvalue weighted by Gasteiger charge is -2.02. The van der Waals surface area contributed by atoms with Gasteiger partial charge in [0.25, 0.3) is 20.3 Å². The summed E-state index contributed by atoms with van der Waals surface area (Å²) in [6.45, 7) is 1.86. The minimum absolute atomic E-state index is 0.0611. The Morgan fingerprint density at radius 2 is 1.71 bits per heavy atom. The van der Waals surface area contributed by atoms with Crippen molar-refractivity contribution in [3.05, 3.63) is 64.7 Å². The van der Waals surface area contributed by atoms with E-state index in [1.54, 1.807) is 42.5 Å². The number of halogens is 1. The Labute approximate surface area is 190 Å². The summed E-state index contributed by atoms with van der Waals surface area (Å²) >= 11 is 7.66. The van der Waals surface area contributed by atoms with Crippen LogP contribution in [0.3, 0.4) is 0 Å². The second kappa shape index (κ2) is 8.67. The molecule has 2 aromatic carbocycles. The molecule has 2 aromatic heterocycles. The minimum Gasteiger partial charge on any atom is -0.296 e. The van der Waals surface area contributed by atoms with E-state index < -0.39 is 15.9 Å². The Balaban J connectivity index is 1.47. The van der Waals surface area contributed by atoms with Crippen LogP contribution in [0.1, 0.15) is 15.9 Å². The van der Waals surface area contributed by atoms with Gasteiger partial charge in [0.2, 0.25) is 10.3 Å². The molecule has 1 amide bonds. The number of aryl methyl sites for hydroxylation is 1. The molecule has 0 bridgehead atoms. The number of sulfonamides is 1. The van der Waals surface area contributed by atoms with Crippen molar-refractivity contribution in [3.8, 4) is 10.6 Å². The number of anilines is 2. The maximum absolute atomic E-state index is 12.6.